The van der Waals surface area contributed by atoms with Gasteiger partial charge in [0.05, 0.1) is 0 Å². The highest BCUT2D eigenvalue weighted by Gasteiger charge is 2.10. The Morgan fingerprint density at radius 3 is 2.81 bits per heavy atom. The van der Waals surface area contributed by atoms with Crippen molar-refractivity contribution in [3.63, 3.8) is 0 Å². The first kappa shape index (κ1) is 13.5. The molecule has 1 rings (SSSR count). The third kappa shape index (κ3) is 4.12. The molecule has 3 heteroatoms. The van der Waals surface area contributed by atoms with Crippen molar-refractivity contribution in [3.05, 3.63) is 34.9 Å². The van der Waals surface area contributed by atoms with E-state index in [4.69, 9.17) is 11.6 Å². The lowest BCUT2D eigenvalue weighted by molar-refractivity contribution is 0.258. The van der Waals surface area contributed by atoms with E-state index in [1.807, 2.05) is 25.2 Å². The summed E-state index contributed by atoms with van der Waals surface area (Å²) in [6.07, 6.45) is 1.16. The minimum absolute atomic E-state index is 0.413. The number of benzene rings is 1. The van der Waals surface area contributed by atoms with Crippen LogP contribution in [0.3, 0.4) is 0 Å². The van der Waals surface area contributed by atoms with Gasteiger partial charge in [-0.2, -0.15) is 0 Å². The Labute approximate surface area is 104 Å². The molecule has 1 aromatic carbocycles. The molecule has 0 heterocycles. The van der Waals surface area contributed by atoms with Crippen LogP contribution in [0.5, 0.6) is 0 Å². The molecule has 0 saturated carbocycles. The molecule has 0 aliphatic rings. The van der Waals surface area contributed by atoms with Crippen LogP contribution in [0.25, 0.3) is 0 Å². The smallest absolute Gasteiger partial charge is 0.0409 e. The fourth-order valence-corrected chi connectivity index (χ4v) is 1.92. The number of hydrogen-bond acceptors (Lipinski definition) is 2. The molecule has 1 atom stereocenters. The van der Waals surface area contributed by atoms with Gasteiger partial charge in [-0.15, -0.1) is 0 Å². The molecule has 1 N–H and O–H groups in total. The van der Waals surface area contributed by atoms with Gasteiger partial charge in [-0.1, -0.05) is 23.7 Å². The molecule has 0 aliphatic heterocycles. The van der Waals surface area contributed by atoms with E-state index in [9.17, 15) is 0 Å². The van der Waals surface area contributed by atoms with E-state index >= 15 is 0 Å². The summed E-state index contributed by atoms with van der Waals surface area (Å²) in [5, 5.41) is 3.98. The number of nitrogens with one attached hydrogen (secondary N) is 1. The van der Waals surface area contributed by atoms with Gasteiger partial charge in [-0.25, -0.2) is 0 Å². The predicted octanol–water partition coefficient (Wildman–Crippen LogP) is 2.94. The van der Waals surface area contributed by atoms with E-state index in [1.54, 1.807) is 0 Å². The molecule has 90 valence electrons. The molecule has 0 spiro atoms. The minimum Gasteiger partial charge on any atom is -0.320 e. The van der Waals surface area contributed by atoms with Crippen LogP contribution in [0.2, 0.25) is 5.02 Å². The van der Waals surface area contributed by atoms with Crippen molar-refractivity contribution >= 4 is 11.6 Å². The Bertz CT molecular complexity index is 315. The molecular formula is C13H21ClN2. The Morgan fingerprint density at radius 2 is 2.19 bits per heavy atom. The van der Waals surface area contributed by atoms with Crippen molar-refractivity contribution in [2.75, 3.05) is 27.2 Å². The van der Waals surface area contributed by atoms with Crippen LogP contribution in [0.15, 0.2) is 24.3 Å². The molecule has 0 aliphatic carbocycles. The van der Waals surface area contributed by atoms with Crippen molar-refractivity contribution in [3.8, 4) is 0 Å². The second kappa shape index (κ2) is 6.89. The topological polar surface area (TPSA) is 15.3 Å². The first-order chi connectivity index (χ1) is 7.65. The average Bonchev–Trinajstić information content (AvgIpc) is 2.28. The van der Waals surface area contributed by atoms with Crippen LogP contribution >= 0.6 is 11.6 Å². The number of nitrogens with zero attached hydrogens (tertiary/aromatic N) is 1. The van der Waals surface area contributed by atoms with E-state index in [1.165, 1.54) is 5.56 Å². The number of rotatable bonds is 6. The van der Waals surface area contributed by atoms with Crippen molar-refractivity contribution in [2.24, 2.45) is 0 Å². The third-order valence-corrected chi connectivity index (χ3v) is 3.16. The Balaban J connectivity index is 2.52. The molecular weight excluding hydrogens is 220 g/mol. The Kier molecular flexibility index (Phi) is 5.81. The highest BCUT2D eigenvalue weighted by molar-refractivity contribution is 6.30. The zero-order valence-electron chi connectivity index (χ0n) is 10.3. The maximum Gasteiger partial charge on any atom is 0.0409 e. The van der Waals surface area contributed by atoms with Crippen LogP contribution in [-0.4, -0.2) is 32.1 Å². The van der Waals surface area contributed by atoms with Crippen LogP contribution < -0.4 is 5.32 Å². The van der Waals surface area contributed by atoms with E-state index in [-0.39, 0.29) is 0 Å². The maximum atomic E-state index is 5.99. The van der Waals surface area contributed by atoms with Gasteiger partial charge in [0, 0.05) is 11.1 Å². The van der Waals surface area contributed by atoms with Gasteiger partial charge in [0.1, 0.15) is 0 Å². The van der Waals surface area contributed by atoms with Gasteiger partial charge in [0.2, 0.25) is 0 Å². The van der Waals surface area contributed by atoms with E-state index < -0.39 is 0 Å². The molecule has 16 heavy (non-hydrogen) atoms. The van der Waals surface area contributed by atoms with Gasteiger partial charge < -0.3 is 5.32 Å². The summed E-state index contributed by atoms with van der Waals surface area (Å²) in [5.74, 6) is 0. The monoisotopic (exact) mass is 240 g/mol. The second-order valence-corrected chi connectivity index (χ2v) is 4.61. The lowest BCUT2D eigenvalue weighted by Crippen LogP contribution is -2.25. The fourth-order valence-electron chi connectivity index (χ4n) is 1.72. The van der Waals surface area contributed by atoms with Crippen molar-refractivity contribution < 1.29 is 0 Å². The lowest BCUT2D eigenvalue weighted by Gasteiger charge is -2.25. The summed E-state index contributed by atoms with van der Waals surface area (Å²) in [7, 11) is 4.14. The van der Waals surface area contributed by atoms with Gasteiger partial charge in [0.25, 0.3) is 0 Å². The van der Waals surface area contributed by atoms with Crippen molar-refractivity contribution in [1.29, 1.82) is 0 Å². The van der Waals surface area contributed by atoms with Crippen LogP contribution in [0, 0.1) is 0 Å². The normalized spacial score (nSPS) is 13.1. The Hall–Kier alpha value is -0.570. The first-order valence-corrected chi connectivity index (χ1v) is 6.13. The van der Waals surface area contributed by atoms with Crippen LogP contribution in [0.1, 0.15) is 24.9 Å². The Morgan fingerprint density at radius 1 is 1.44 bits per heavy atom. The molecule has 0 bridgehead atoms. The van der Waals surface area contributed by atoms with E-state index in [2.05, 4.69) is 30.3 Å². The standard InChI is InChI=1S/C13H21ClN2/c1-11(16(3)9-5-8-15-2)12-6-4-7-13(14)10-12/h4,6-7,10-11,15H,5,8-9H2,1-3H3. The second-order valence-electron chi connectivity index (χ2n) is 4.17. The average molecular weight is 241 g/mol. The summed E-state index contributed by atoms with van der Waals surface area (Å²) in [6, 6.07) is 8.51. The lowest BCUT2D eigenvalue weighted by atomic mass is 10.1. The van der Waals surface area contributed by atoms with Crippen LogP contribution in [0.4, 0.5) is 0 Å². The van der Waals surface area contributed by atoms with Gasteiger partial charge in [-0.05, 0) is 58.2 Å². The van der Waals surface area contributed by atoms with Crippen molar-refractivity contribution in [2.45, 2.75) is 19.4 Å². The quantitative estimate of drug-likeness (QED) is 0.770. The maximum absolute atomic E-state index is 5.99. The number of halogens is 1. The van der Waals surface area contributed by atoms with Gasteiger partial charge in [0.15, 0.2) is 0 Å². The third-order valence-electron chi connectivity index (χ3n) is 2.93. The fraction of sp³-hybridized carbons (Fsp3) is 0.538. The first-order valence-electron chi connectivity index (χ1n) is 5.75. The molecule has 2 nitrogen and oxygen atoms in total. The molecule has 0 radical (unpaired) electrons. The van der Waals surface area contributed by atoms with Crippen molar-refractivity contribution in [1.82, 2.24) is 10.2 Å². The van der Waals surface area contributed by atoms with E-state index in [0.29, 0.717) is 6.04 Å². The molecule has 0 saturated heterocycles. The molecule has 0 fully saturated rings. The zero-order valence-corrected chi connectivity index (χ0v) is 11.1. The molecule has 0 aromatic heterocycles. The highest BCUT2D eigenvalue weighted by Crippen LogP contribution is 2.21. The molecule has 1 aromatic rings. The SMILES string of the molecule is CNCCCN(C)C(C)c1cccc(Cl)c1. The summed E-state index contributed by atoms with van der Waals surface area (Å²) in [6.45, 7) is 4.37. The largest absolute Gasteiger partial charge is 0.320 e. The number of hydrogen-bond donors (Lipinski definition) is 1. The minimum atomic E-state index is 0.413. The highest BCUT2D eigenvalue weighted by atomic mass is 35.5. The summed E-state index contributed by atoms with van der Waals surface area (Å²) in [5.41, 5.74) is 1.28. The van der Waals surface area contributed by atoms with Gasteiger partial charge >= 0.3 is 0 Å². The predicted molar refractivity (Wildman–Crippen MR) is 71.0 cm³/mol. The van der Waals surface area contributed by atoms with E-state index in [0.717, 1.165) is 24.5 Å². The summed E-state index contributed by atoms with van der Waals surface area (Å²) >= 11 is 5.99. The summed E-state index contributed by atoms with van der Waals surface area (Å²) < 4.78 is 0. The molecule has 0 amide bonds. The summed E-state index contributed by atoms with van der Waals surface area (Å²) in [4.78, 5) is 2.35. The van der Waals surface area contributed by atoms with Crippen LogP contribution in [-0.2, 0) is 0 Å². The van der Waals surface area contributed by atoms with Gasteiger partial charge in [-0.3, -0.25) is 4.90 Å². The molecule has 1 unspecified atom stereocenters. The zero-order chi connectivity index (χ0) is 12.0.